The summed E-state index contributed by atoms with van der Waals surface area (Å²) in [5.41, 5.74) is 0. The number of nitrogens with zero attached hydrogens (tertiary/aromatic N) is 4. The van der Waals surface area contributed by atoms with Gasteiger partial charge in [0.25, 0.3) is 0 Å². The van der Waals surface area contributed by atoms with E-state index in [1.54, 1.807) is 6.92 Å². The SMILES string of the molecule is CC(=O)N(CCc1noc(CC(C)C)n1)C1CCCN(C2CCCCC2)C1. The van der Waals surface area contributed by atoms with E-state index in [2.05, 4.69) is 28.9 Å². The molecule has 0 N–H and O–H groups in total. The Bertz CT molecular complexity index is 595. The van der Waals surface area contributed by atoms with Crippen LogP contribution in [-0.4, -0.2) is 57.6 Å². The van der Waals surface area contributed by atoms with Crippen LogP contribution in [0.4, 0.5) is 0 Å². The number of aromatic nitrogens is 2. The van der Waals surface area contributed by atoms with E-state index >= 15 is 0 Å². The highest BCUT2D eigenvalue weighted by molar-refractivity contribution is 5.73. The molecule has 2 fully saturated rings. The van der Waals surface area contributed by atoms with E-state index in [-0.39, 0.29) is 5.91 Å². The molecular formula is C21H36N4O2. The molecule has 6 heteroatoms. The number of hydrogen-bond donors (Lipinski definition) is 0. The third kappa shape index (κ3) is 5.77. The Morgan fingerprint density at radius 1 is 1.22 bits per heavy atom. The first kappa shape index (κ1) is 20.3. The summed E-state index contributed by atoms with van der Waals surface area (Å²) in [7, 11) is 0. The fraction of sp³-hybridized carbons (Fsp3) is 0.857. The van der Waals surface area contributed by atoms with E-state index in [0.717, 1.165) is 31.3 Å². The van der Waals surface area contributed by atoms with E-state index < -0.39 is 0 Å². The second kappa shape index (κ2) is 9.67. The number of carbonyl (C=O) groups excluding carboxylic acids is 1. The van der Waals surface area contributed by atoms with Gasteiger partial charge in [-0.25, -0.2) is 0 Å². The van der Waals surface area contributed by atoms with Crippen molar-refractivity contribution in [3.8, 4) is 0 Å². The van der Waals surface area contributed by atoms with Gasteiger partial charge in [-0.1, -0.05) is 38.3 Å². The van der Waals surface area contributed by atoms with Crippen molar-refractivity contribution in [2.75, 3.05) is 19.6 Å². The molecule has 2 heterocycles. The number of likely N-dealkylation sites (tertiary alicyclic amines) is 1. The third-order valence-electron chi connectivity index (χ3n) is 6.03. The van der Waals surface area contributed by atoms with E-state index in [4.69, 9.17) is 4.52 Å². The van der Waals surface area contributed by atoms with E-state index in [9.17, 15) is 4.79 Å². The summed E-state index contributed by atoms with van der Waals surface area (Å²) in [5.74, 6) is 2.09. The zero-order valence-electron chi connectivity index (χ0n) is 17.3. The van der Waals surface area contributed by atoms with Crippen LogP contribution in [0.2, 0.25) is 0 Å². The third-order valence-corrected chi connectivity index (χ3v) is 6.03. The quantitative estimate of drug-likeness (QED) is 0.729. The molecule has 0 spiro atoms. The van der Waals surface area contributed by atoms with Gasteiger partial charge in [0.15, 0.2) is 5.82 Å². The number of amides is 1. The first-order valence-corrected chi connectivity index (χ1v) is 10.9. The van der Waals surface area contributed by atoms with Crippen molar-refractivity contribution in [3.05, 3.63) is 11.7 Å². The topological polar surface area (TPSA) is 62.5 Å². The standard InChI is InChI=1S/C21H36N4O2/c1-16(2)14-21-22-20(23-27-21)11-13-25(17(3)26)19-10-7-12-24(15-19)18-8-5-4-6-9-18/h16,18-19H,4-15H2,1-3H3. The highest BCUT2D eigenvalue weighted by atomic mass is 16.5. The number of rotatable bonds is 7. The molecule has 1 atom stereocenters. The average Bonchev–Trinajstić information content (AvgIpc) is 3.09. The molecule has 1 unspecified atom stereocenters. The van der Waals surface area contributed by atoms with Gasteiger partial charge in [-0.05, 0) is 38.1 Å². The van der Waals surface area contributed by atoms with Crippen molar-refractivity contribution in [3.63, 3.8) is 0 Å². The molecule has 1 aromatic rings. The van der Waals surface area contributed by atoms with Gasteiger partial charge in [-0.15, -0.1) is 0 Å². The summed E-state index contributed by atoms with van der Waals surface area (Å²) >= 11 is 0. The van der Waals surface area contributed by atoms with Gasteiger partial charge in [0.1, 0.15) is 0 Å². The van der Waals surface area contributed by atoms with Crippen LogP contribution in [-0.2, 0) is 17.6 Å². The van der Waals surface area contributed by atoms with Crippen molar-refractivity contribution >= 4 is 5.91 Å². The molecule has 1 saturated heterocycles. The van der Waals surface area contributed by atoms with Crippen LogP contribution in [0.1, 0.15) is 77.4 Å². The lowest BCUT2D eigenvalue weighted by molar-refractivity contribution is -0.132. The molecule has 2 aliphatic rings. The lowest BCUT2D eigenvalue weighted by Gasteiger charge is -2.43. The molecule has 3 rings (SSSR count). The second-order valence-electron chi connectivity index (χ2n) is 8.75. The van der Waals surface area contributed by atoms with Gasteiger partial charge in [-0.2, -0.15) is 4.98 Å². The molecule has 152 valence electrons. The molecule has 1 aromatic heterocycles. The van der Waals surface area contributed by atoms with Gasteiger partial charge in [0.05, 0.1) is 0 Å². The summed E-state index contributed by atoms with van der Waals surface area (Å²) in [6.45, 7) is 8.87. The minimum absolute atomic E-state index is 0.163. The minimum atomic E-state index is 0.163. The monoisotopic (exact) mass is 376 g/mol. The lowest BCUT2D eigenvalue weighted by Crippen LogP contribution is -2.53. The van der Waals surface area contributed by atoms with Gasteiger partial charge >= 0.3 is 0 Å². The zero-order chi connectivity index (χ0) is 19.2. The largest absolute Gasteiger partial charge is 0.339 e. The van der Waals surface area contributed by atoms with E-state index in [1.807, 2.05) is 4.90 Å². The Hall–Kier alpha value is -1.43. The smallest absolute Gasteiger partial charge is 0.226 e. The van der Waals surface area contributed by atoms with Crippen LogP contribution < -0.4 is 0 Å². The second-order valence-corrected chi connectivity index (χ2v) is 8.75. The van der Waals surface area contributed by atoms with Crippen LogP contribution in [0.3, 0.4) is 0 Å². The van der Waals surface area contributed by atoms with E-state index in [0.29, 0.717) is 30.8 Å². The van der Waals surface area contributed by atoms with Crippen LogP contribution in [0.5, 0.6) is 0 Å². The Balaban J connectivity index is 1.56. The molecule has 27 heavy (non-hydrogen) atoms. The Morgan fingerprint density at radius 2 is 2.00 bits per heavy atom. The van der Waals surface area contributed by atoms with Crippen LogP contribution >= 0.6 is 0 Å². The van der Waals surface area contributed by atoms with Crippen LogP contribution in [0.25, 0.3) is 0 Å². The van der Waals surface area contributed by atoms with Crippen molar-refractivity contribution < 1.29 is 9.32 Å². The Kier molecular flexibility index (Phi) is 7.27. The lowest BCUT2D eigenvalue weighted by atomic mass is 9.91. The predicted molar refractivity (Wildman–Crippen MR) is 105 cm³/mol. The molecule has 1 saturated carbocycles. The number of hydrogen-bond acceptors (Lipinski definition) is 5. The summed E-state index contributed by atoms with van der Waals surface area (Å²) in [6, 6.07) is 1.05. The van der Waals surface area contributed by atoms with Gasteiger partial charge in [0.2, 0.25) is 11.8 Å². The molecule has 1 amide bonds. The molecule has 0 aromatic carbocycles. The summed E-state index contributed by atoms with van der Waals surface area (Å²) < 4.78 is 5.34. The van der Waals surface area contributed by atoms with E-state index in [1.165, 1.54) is 45.1 Å². The average molecular weight is 377 g/mol. The van der Waals surface area contributed by atoms with Crippen molar-refractivity contribution in [2.45, 2.75) is 90.6 Å². The fourth-order valence-corrected chi connectivity index (χ4v) is 4.66. The summed E-state index contributed by atoms with van der Waals surface area (Å²) in [4.78, 5) is 21.5. The first-order valence-electron chi connectivity index (χ1n) is 10.9. The predicted octanol–water partition coefficient (Wildman–Crippen LogP) is 3.46. The van der Waals surface area contributed by atoms with Crippen LogP contribution in [0, 0.1) is 5.92 Å². The normalized spacial score (nSPS) is 22.3. The molecule has 6 nitrogen and oxygen atoms in total. The van der Waals surface area contributed by atoms with Crippen molar-refractivity contribution in [2.24, 2.45) is 5.92 Å². The van der Waals surface area contributed by atoms with Gasteiger partial charge in [0, 0.05) is 44.9 Å². The molecule has 1 aliphatic carbocycles. The Labute approximate surface area is 163 Å². The maximum atomic E-state index is 12.3. The molecule has 1 aliphatic heterocycles. The zero-order valence-corrected chi connectivity index (χ0v) is 17.3. The van der Waals surface area contributed by atoms with Crippen molar-refractivity contribution in [1.29, 1.82) is 0 Å². The Morgan fingerprint density at radius 3 is 2.70 bits per heavy atom. The molecule has 0 radical (unpaired) electrons. The maximum Gasteiger partial charge on any atom is 0.226 e. The minimum Gasteiger partial charge on any atom is -0.339 e. The fourth-order valence-electron chi connectivity index (χ4n) is 4.66. The maximum absolute atomic E-state index is 12.3. The van der Waals surface area contributed by atoms with Gasteiger partial charge < -0.3 is 9.42 Å². The van der Waals surface area contributed by atoms with Crippen molar-refractivity contribution in [1.82, 2.24) is 19.9 Å². The molecule has 0 bridgehead atoms. The van der Waals surface area contributed by atoms with Gasteiger partial charge in [-0.3, -0.25) is 9.69 Å². The number of carbonyl (C=O) groups is 1. The summed E-state index contributed by atoms with van der Waals surface area (Å²) in [6.07, 6.45) is 10.5. The highest BCUT2D eigenvalue weighted by Gasteiger charge is 2.31. The summed E-state index contributed by atoms with van der Waals surface area (Å²) in [5, 5.41) is 4.10. The molecular weight excluding hydrogens is 340 g/mol. The highest BCUT2D eigenvalue weighted by Crippen LogP contribution is 2.26. The first-order chi connectivity index (χ1) is 13.0. The number of piperidine rings is 1. The van der Waals surface area contributed by atoms with Crippen LogP contribution in [0.15, 0.2) is 4.52 Å².